The molecule has 0 unspecified atom stereocenters. The van der Waals surface area contributed by atoms with E-state index in [0.29, 0.717) is 11.3 Å². The fourth-order valence-electron chi connectivity index (χ4n) is 1.51. The number of carbonyl (C=O) groups excluding carboxylic acids is 1. The molecule has 1 amide bonds. The van der Waals surface area contributed by atoms with E-state index < -0.39 is 11.7 Å². The molecule has 0 aliphatic heterocycles. The molecule has 1 aromatic carbocycles. The number of nitrogens with zero attached hydrogens (tertiary/aromatic N) is 1. The number of carbonyl (C=O) groups is 1. The van der Waals surface area contributed by atoms with E-state index in [1.165, 1.54) is 18.3 Å². The molecule has 102 valence electrons. The standard InChI is InChI=1S/C14H11FN2O3/c15-13-8-10(2-1-7-18)3-4-12(13)14(19)16-9-11-5-6-17-20-11/h3-6,8,18H,7,9H2,(H,16,19). The van der Waals surface area contributed by atoms with Crippen LogP contribution < -0.4 is 5.32 Å². The number of rotatable bonds is 3. The van der Waals surface area contributed by atoms with Crippen molar-refractivity contribution in [3.05, 3.63) is 53.2 Å². The highest BCUT2D eigenvalue weighted by Gasteiger charge is 2.12. The van der Waals surface area contributed by atoms with Crippen LogP contribution in [0.2, 0.25) is 0 Å². The zero-order valence-corrected chi connectivity index (χ0v) is 10.4. The molecule has 1 heterocycles. The van der Waals surface area contributed by atoms with Crippen molar-refractivity contribution in [2.24, 2.45) is 0 Å². The average Bonchev–Trinajstić information content (AvgIpc) is 2.96. The maximum absolute atomic E-state index is 13.8. The van der Waals surface area contributed by atoms with Gasteiger partial charge in [0.2, 0.25) is 0 Å². The van der Waals surface area contributed by atoms with Crippen molar-refractivity contribution in [1.82, 2.24) is 10.5 Å². The van der Waals surface area contributed by atoms with Crippen molar-refractivity contribution in [2.75, 3.05) is 6.61 Å². The summed E-state index contributed by atoms with van der Waals surface area (Å²) in [4.78, 5) is 11.8. The molecule has 0 spiro atoms. The lowest BCUT2D eigenvalue weighted by atomic mass is 10.1. The molecule has 2 rings (SSSR count). The van der Waals surface area contributed by atoms with Gasteiger partial charge in [-0.2, -0.15) is 0 Å². The van der Waals surface area contributed by atoms with Gasteiger partial charge in [0.05, 0.1) is 18.3 Å². The first-order chi connectivity index (χ1) is 9.70. The van der Waals surface area contributed by atoms with Gasteiger partial charge < -0.3 is 14.9 Å². The Balaban J connectivity index is 2.06. The first-order valence-electron chi connectivity index (χ1n) is 5.77. The van der Waals surface area contributed by atoms with Crippen LogP contribution in [0.25, 0.3) is 0 Å². The third-order valence-corrected chi connectivity index (χ3v) is 2.44. The van der Waals surface area contributed by atoms with Gasteiger partial charge in [-0.3, -0.25) is 4.79 Å². The van der Waals surface area contributed by atoms with Gasteiger partial charge >= 0.3 is 0 Å². The van der Waals surface area contributed by atoms with Crippen LogP contribution in [0, 0.1) is 17.7 Å². The normalized spacial score (nSPS) is 9.70. The minimum absolute atomic E-state index is 0.0842. The summed E-state index contributed by atoms with van der Waals surface area (Å²) in [6, 6.07) is 5.60. The van der Waals surface area contributed by atoms with Gasteiger partial charge in [-0.1, -0.05) is 17.0 Å². The fourth-order valence-corrected chi connectivity index (χ4v) is 1.51. The molecule has 0 saturated carbocycles. The third-order valence-electron chi connectivity index (χ3n) is 2.44. The molecule has 20 heavy (non-hydrogen) atoms. The lowest BCUT2D eigenvalue weighted by molar-refractivity contribution is 0.0943. The zero-order chi connectivity index (χ0) is 14.4. The zero-order valence-electron chi connectivity index (χ0n) is 10.4. The van der Waals surface area contributed by atoms with Crippen molar-refractivity contribution in [3.8, 4) is 11.8 Å². The van der Waals surface area contributed by atoms with E-state index in [2.05, 4.69) is 22.3 Å². The van der Waals surface area contributed by atoms with E-state index in [4.69, 9.17) is 9.63 Å². The number of amides is 1. The number of aliphatic hydroxyl groups is 1. The quantitative estimate of drug-likeness (QED) is 0.821. The summed E-state index contributed by atoms with van der Waals surface area (Å²) in [5, 5.41) is 14.6. The molecule has 1 aromatic heterocycles. The highest BCUT2D eigenvalue weighted by atomic mass is 19.1. The maximum Gasteiger partial charge on any atom is 0.254 e. The Kier molecular flexibility index (Phi) is 4.47. The van der Waals surface area contributed by atoms with E-state index in [1.54, 1.807) is 6.07 Å². The number of nitrogens with one attached hydrogen (secondary N) is 1. The lowest BCUT2D eigenvalue weighted by Crippen LogP contribution is -2.23. The highest BCUT2D eigenvalue weighted by molar-refractivity contribution is 5.94. The van der Waals surface area contributed by atoms with E-state index in [9.17, 15) is 9.18 Å². The van der Waals surface area contributed by atoms with Crippen LogP contribution in [0.5, 0.6) is 0 Å². The van der Waals surface area contributed by atoms with Crippen molar-refractivity contribution < 1.29 is 18.8 Å². The second-order valence-corrected chi connectivity index (χ2v) is 3.82. The molecule has 0 saturated heterocycles. The Bertz CT molecular complexity index is 657. The summed E-state index contributed by atoms with van der Waals surface area (Å²) in [5.74, 6) is 4.21. The minimum Gasteiger partial charge on any atom is -0.384 e. The Morgan fingerprint density at radius 2 is 2.30 bits per heavy atom. The van der Waals surface area contributed by atoms with Crippen LogP contribution in [0.1, 0.15) is 21.7 Å². The summed E-state index contributed by atoms with van der Waals surface area (Å²) < 4.78 is 18.6. The predicted octanol–water partition coefficient (Wildman–Crippen LogP) is 1.09. The van der Waals surface area contributed by atoms with Crippen LogP contribution >= 0.6 is 0 Å². The van der Waals surface area contributed by atoms with Gasteiger partial charge in [0, 0.05) is 11.6 Å². The second kappa shape index (κ2) is 6.50. The summed E-state index contributed by atoms with van der Waals surface area (Å²) in [6.45, 7) is -0.175. The maximum atomic E-state index is 13.8. The van der Waals surface area contributed by atoms with Crippen LogP contribution in [0.4, 0.5) is 4.39 Å². The van der Waals surface area contributed by atoms with E-state index in [0.717, 1.165) is 6.07 Å². The Morgan fingerprint density at radius 3 is 2.95 bits per heavy atom. The van der Waals surface area contributed by atoms with Crippen LogP contribution in [-0.2, 0) is 6.54 Å². The van der Waals surface area contributed by atoms with E-state index in [-0.39, 0.29) is 18.7 Å². The molecule has 0 bridgehead atoms. The second-order valence-electron chi connectivity index (χ2n) is 3.82. The Labute approximate surface area is 114 Å². The minimum atomic E-state index is -0.676. The Hall–Kier alpha value is -2.65. The van der Waals surface area contributed by atoms with Gasteiger partial charge in [-0.25, -0.2) is 4.39 Å². The van der Waals surface area contributed by atoms with Crippen molar-refractivity contribution in [3.63, 3.8) is 0 Å². The molecule has 0 radical (unpaired) electrons. The van der Waals surface area contributed by atoms with Crippen molar-refractivity contribution in [2.45, 2.75) is 6.54 Å². The molecule has 5 nitrogen and oxygen atoms in total. The molecule has 0 aliphatic carbocycles. The van der Waals surface area contributed by atoms with Crippen molar-refractivity contribution >= 4 is 5.91 Å². The largest absolute Gasteiger partial charge is 0.384 e. The van der Waals surface area contributed by atoms with Crippen molar-refractivity contribution in [1.29, 1.82) is 0 Å². The number of halogens is 1. The summed E-state index contributed by atoms with van der Waals surface area (Å²) >= 11 is 0. The fraction of sp³-hybridized carbons (Fsp3) is 0.143. The smallest absolute Gasteiger partial charge is 0.254 e. The van der Waals surface area contributed by atoms with Crippen LogP contribution in [0.3, 0.4) is 0 Å². The molecule has 0 fully saturated rings. The molecule has 2 aromatic rings. The van der Waals surface area contributed by atoms with E-state index in [1.807, 2.05) is 0 Å². The molecule has 0 atom stereocenters. The summed E-state index contributed by atoms with van der Waals surface area (Å²) in [7, 11) is 0. The predicted molar refractivity (Wildman–Crippen MR) is 68.0 cm³/mol. The summed E-state index contributed by atoms with van der Waals surface area (Å²) in [5.41, 5.74) is 0.308. The molecular weight excluding hydrogens is 263 g/mol. The molecule has 6 heteroatoms. The number of hydrogen-bond donors (Lipinski definition) is 2. The SMILES string of the molecule is O=C(NCc1ccno1)c1ccc(C#CCO)cc1F. The number of benzene rings is 1. The summed E-state index contributed by atoms with van der Waals surface area (Å²) in [6.07, 6.45) is 1.46. The number of aromatic nitrogens is 1. The number of aliphatic hydroxyl groups excluding tert-OH is 1. The Morgan fingerprint density at radius 1 is 1.45 bits per heavy atom. The number of hydrogen-bond acceptors (Lipinski definition) is 4. The topological polar surface area (TPSA) is 75.4 Å². The van der Waals surface area contributed by atoms with Gasteiger partial charge in [0.25, 0.3) is 5.91 Å². The highest BCUT2D eigenvalue weighted by Crippen LogP contribution is 2.10. The molecule has 0 aliphatic rings. The monoisotopic (exact) mass is 274 g/mol. The first-order valence-corrected chi connectivity index (χ1v) is 5.77. The van der Waals surface area contributed by atoms with Gasteiger partial charge in [-0.15, -0.1) is 0 Å². The molecule has 2 N–H and O–H groups in total. The third kappa shape index (κ3) is 3.43. The average molecular weight is 274 g/mol. The van der Waals surface area contributed by atoms with Crippen LogP contribution in [-0.4, -0.2) is 22.8 Å². The van der Waals surface area contributed by atoms with Crippen LogP contribution in [0.15, 0.2) is 35.0 Å². The van der Waals surface area contributed by atoms with Gasteiger partial charge in [-0.05, 0) is 18.2 Å². The first kappa shape index (κ1) is 13.8. The molecular formula is C14H11FN2O3. The van der Waals surface area contributed by atoms with E-state index >= 15 is 0 Å². The van der Waals surface area contributed by atoms with Gasteiger partial charge in [0.15, 0.2) is 5.76 Å². The van der Waals surface area contributed by atoms with Gasteiger partial charge in [0.1, 0.15) is 12.4 Å². The lowest BCUT2D eigenvalue weighted by Gasteiger charge is -2.04.